The molecule has 0 bridgehead atoms. The summed E-state index contributed by atoms with van der Waals surface area (Å²) < 4.78 is 4.92. The molecule has 1 heterocycles. The topological polar surface area (TPSA) is 29.5 Å². The van der Waals surface area contributed by atoms with Crippen molar-refractivity contribution in [3.05, 3.63) is 29.8 Å². The zero-order valence-corrected chi connectivity index (χ0v) is 10.4. The van der Waals surface area contributed by atoms with E-state index in [0.717, 1.165) is 19.3 Å². The van der Waals surface area contributed by atoms with Crippen molar-refractivity contribution in [1.29, 1.82) is 0 Å². The summed E-state index contributed by atoms with van der Waals surface area (Å²) in [7, 11) is 1.63. The molecule has 0 radical (unpaired) electrons. The summed E-state index contributed by atoms with van der Waals surface area (Å²) in [5.41, 5.74) is 1.46. The van der Waals surface area contributed by atoms with E-state index in [-0.39, 0.29) is 6.10 Å². The first-order valence-corrected chi connectivity index (χ1v) is 6.59. The van der Waals surface area contributed by atoms with E-state index < -0.39 is 0 Å². The Labute approximate surface area is 101 Å². The molecule has 2 rings (SSSR count). The molecular formula is C13H18O2S. The van der Waals surface area contributed by atoms with Gasteiger partial charge in [0.1, 0.15) is 0 Å². The van der Waals surface area contributed by atoms with Crippen molar-refractivity contribution in [1.82, 2.24) is 0 Å². The predicted molar refractivity (Wildman–Crippen MR) is 66.9 cm³/mol. The summed E-state index contributed by atoms with van der Waals surface area (Å²) in [6, 6.07) is 8.58. The zero-order chi connectivity index (χ0) is 11.4. The van der Waals surface area contributed by atoms with E-state index in [4.69, 9.17) is 4.74 Å². The van der Waals surface area contributed by atoms with Crippen LogP contribution in [0.4, 0.5) is 0 Å². The Morgan fingerprint density at radius 1 is 1.50 bits per heavy atom. The minimum absolute atomic E-state index is 0.311. The second-order valence-electron chi connectivity index (χ2n) is 4.24. The standard InChI is InChI=1S/C13H18O2S/c1-15-9-11(14)6-7-12-8-10-4-2-3-5-13(10)16-12/h2-5,11-12,14H,6-9H2,1H3. The second kappa shape index (κ2) is 5.71. The molecule has 1 aromatic rings. The van der Waals surface area contributed by atoms with E-state index in [9.17, 15) is 5.11 Å². The van der Waals surface area contributed by atoms with Crippen LogP contribution in [-0.4, -0.2) is 30.2 Å². The lowest BCUT2D eigenvalue weighted by Gasteiger charge is -2.12. The third-order valence-electron chi connectivity index (χ3n) is 2.89. The molecule has 0 saturated heterocycles. The van der Waals surface area contributed by atoms with E-state index in [1.807, 2.05) is 11.8 Å². The van der Waals surface area contributed by atoms with Gasteiger partial charge in [0.15, 0.2) is 0 Å². The Bertz CT molecular complexity index is 315. The van der Waals surface area contributed by atoms with Gasteiger partial charge in [0.2, 0.25) is 0 Å². The number of fused-ring (bicyclic) bond motifs is 1. The highest BCUT2D eigenvalue weighted by Crippen LogP contribution is 2.38. The third-order valence-corrected chi connectivity index (χ3v) is 4.28. The van der Waals surface area contributed by atoms with Gasteiger partial charge in [-0.25, -0.2) is 0 Å². The number of ether oxygens (including phenoxy) is 1. The fourth-order valence-corrected chi connectivity index (χ4v) is 3.40. The number of aliphatic hydroxyl groups is 1. The summed E-state index contributed by atoms with van der Waals surface area (Å²) in [5, 5.41) is 10.2. The van der Waals surface area contributed by atoms with Gasteiger partial charge in [-0.2, -0.15) is 0 Å². The maximum absolute atomic E-state index is 9.59. The van der Waals surface area contributed by atoms with Crippen LogP contribution in [0.15, 0.2) is 29.2 Å². The van der Waals surface area contributed by atoms with Gasteiger partial charge >= 0.3 is 0 Å². The molecule has 2 atom stereocenters. The van der Waals surface area contributed by atoms with Crippen molar-refractivity contribution < 1.29 is 9.84 Å². The maximum Gasteiger partial charge on any atom is 0.0773 e. The summed E-state index contributed by atoms with van der Waals surface area (Å²) in [6.07, 6.45) is 2.72. The van der Waals surface area contributed by atoms with Crippen LogP contribution in [-0.2, 0) is 11.2 Å². The highest BCUT2D eigenvalue weighted by Gasteiger charge is 2.22. The second-order valence-corrected chi connectivity index (χ2v) is 5.58. The lowest BCUT2D eigenvalue weighted by Crippen LogP contribution is -2.16. The van der Waals surface area contributed by atoms with E-state index in [0.29, 0.717) is 11.9 Å². The summed E-state index contributed by atoms with van der Waals surface area (Å²) >= 11 is 1.94. The van der Waals surface area contributed by atoms with Crippen molar-refractivity contribution in [2.24, 2.45) is 0 Å². The lowest BCUT2D eigenvalue weighted by atomic mass is 10.1. The first-order valence-electron chi connectivity index (χ1n) is 5.71. The molecule has 0 aromatic heterocycles. The molecule has 0 aliphatic carbocycles. The van der Waals surface area contributed by atoms with Crippen LogP contribution in [0.1, 0.15) is 18.4 Å². The molecule has 0 spiro atoms. The first kappa shape index (κ1) is 12.0. The van der Waals surface area contributed by atoms with Crippen LogP contribution < -0.4 is 0 Å². The minimum Gasteiger partial charge on any atom is -0.391 e. The Balaban J connectivity index is 1.79. The quantitative estimate of drug-likeness (QED) is 0.854. The largest absolute Gasteiger partial charge is 0.391 e. The maximum atomic E-state index is 9.59. The van der Waals surface area contributed by atoms with Crippen LogP contribution in [0, 0.1) is 0 Å². The number of benzene rings is 1. The first-order chi connectivity index (χ1) is 7.79. The smallest absolute Gasteiger partial charge is 0.0773 e. The number of thioether (sulfide) groups is 1. The molecule has 1 aliphatic heterocycles. The fraction of sp³-hybridized carbons (Fsp3) is 0.538. The van der Waals surface area contributed by atoms with Crippen LogP contribution >= 0.6 is 11.8 Å². The van der Waals surface area contributed by atoms with E-state index in [1.54, 1.807) is 7.11 Å². The minimum atomic E-state index is -0.311. The Hall–Kier alpha value is -0.510. The molecule has 2 unspecified atom stereocenters. The van der Waals surface area contributed by atoms with E-state index in [2.05, 4.69) is 24.3 Å². The van der Waals surface area contributed by atoms with Crippen molar-refractivity contribution in [3.8, 4) is 0 Å². The van der Waals surface area contributed by atoms with Crippen molar-refractivity contribution in [2.45, 2.75) is 35.5 Å². The molecule has 16 heavy (non-hydrogen) atoms. The monoisotopic (exact) mass is 238 g/mol. The molecule has 0 fully saturated rings. The molecule has 1 N–H and O–H groups in total. The Morgan fingerprint density at radius 2 is 2.31 bits per heavy atom. The number of hydrogen-bond acceptors (Lipinski definition) is 3. The molecule has 0 amide bonds. The van der Waals surface area contributed by atoms with Crippen LogP contribution in [0.5, 0.6) is 0 Å². The number of rotatable bonds is 5. The average molecular weight is 238 g/mol. The van der Waals surface area contributed by atoms with Crippen molar-refractivity contribution in [2.75, 3.05) is 13.7 Å². The third kappa shape index (κ3) is 3.00. The van der Waals surface area contributed by atoms with Crippen LogP contribution in [0.2, 0.25) is 0 Å². The fourth-order valence-electron chi connectivity index (χ4n) is 2.07. The molecule has 0 saturated carbocycles. The molecule has 2 nitrogen and oxygen atoms in total. The molecule has 3 heteroatoms. The van der Waals surface area contributed by atoms with Crippen molar-refractivity contribution in [3.63, 3.8) is 0 Å². The molecular weight excluding hydrogens is 220 g/mol. The molecule has 1 aliphatic rings. The Morgan fingerprint density at radius 3 is 3.06 bits per heavy atom. The molecule has 88 valence electrons. The normalized spacial score (nSPS) is 20.8. The van der Waals surface area contributed by atoms with E-state index in [1.165, 1.54) is 10.5 Å². The highest BCUT2D eigenvalue weighted by molar-refractivity contribution is 8.00. The highest BCUT2D eigenvalue weighted by atomic mass is 32.2. The summed E-state index contributed by atoms with van der Waals surface area (Å²) in [5.74, 6) is 0. The summed E-state index contributed by atoms with van der Waals surface area (Å²) in [6.45, 7) is 0.449. The summed E-state index contributed by atoms with van der Waals surface area (Å²) in [4.78, 5) is 1.41. The van der Waals surface area contributed by atoms with Crippen LogP contribution in [0.3, 0.4) is 0 Å². The molecule has 1 aromatic carbocycles. The van der Waals surface area contributed by atoms with Gasteiger partial charge in [0.05, 0.1) is 12.7 Å². The number of aliphatic hydroxyl groups excluding tert-OH is 1. The predicted octanol–water partition coefficient (Wildman–Crippen LogP) is 2.49. The van der Waals surface area contributed by atoms with Gasteiger partial charge in [-0.05, 0) is 30.9 Å². The van der Waals surface area contributed by atoms with Gasteiger partial charge in [0, 0.05) is 17.3 Å². The van der Waals surface area contributed by atoms with Gasteiger partial charge in [-0.3, -0.25) is 0 Å². The zero-order valence-electron chi connectivity index (χ0n) is 9.56. The SMILES string of the molecule is COCC(O)CCC1Cc2ccccc2S1. The van der Waals surface area contributed by atoms with Crippen molar-refractivity contribution >= 4 is 11.8 Å². The Kier molecular flexibility index (Phi) is 4.27. The van der Waals surface area contributed by atoms with Gasteiger partial charge in [-0.15, -0.1) is 11.8 Å². The number of methoxy groups -OCH3 is 1. The van der Waals surface area contributed by atoms with E-state index >= 15 is 0 Å². The lowest BCUT2D eigenvalue weighted by molar-refractivity contribution is 0.0580. The van der Waals surface area contributed by atoms with Gasteiger partial charge in [0.25, 0.3) is 0 Å². The van der Waals surface area contributed by atoms with Crippen LogP contribution in [0.25, 0.3) is 0 Å². The average Bonchev–Trinajstić information content (AvgIpc) is 2.69. The van der Waals surface area contributed by atoms with Gasteiger partial charge < -0.3 is 9.84 Å². The number of hydrogen-bond donors (Lipinski definition) is 1. The van der Waals surface area contributed by atoms with Gasteiger partial charge in [-0.1, -0.05) is 18.2 Å².